The highest BCUT2D eigenvalue weighted by atomic mass is 35.5. The molecule has 0 spiro atoms. The lowest BCUT2D eigenvalue weighted by atomic mass is 10.1. The fraction of sp³-hybridized carbons (Fsp3) is 0.103. The standard InChI is InChI=1S/C29H23ClFN3O6S/c1-40-23-14-20(32-15-17-2-6-19(31)7-3-17)8-11-22(23)28(37)34(16-35)21-9-4-18(5-10-21)27(36)33-26(29(38)39)24-12-13-25(30)41-24/h2-14,16,26,32H,15H2,1H3,(H,33,36)(H,38,39). The minimum absolute atomic E-state index is 0.118. The summed E-state index contributed by atoms with van der Waals surface area (Å²) >= 11 is 6.93. The van der Waals surface area contributed by atoms with E-state index < -0.39 is 23.8 Å². The number of benzene rings is 3. The molecule has 4 aromatic rings. The topological polar surface area (TPSA) is 125 Å². The second kappa shape index (κ2) is 13.1. The zero-order valence-corrected chi connectivity index (χ0v) is 23.0. The van der Waals surface area contributed by atoms with Gasteiger partial charge < -0.3 is 20.5 Å². The second-order valence-corrected chi connectivity index (χ2v) is 10.4. The van der Waals surface area contributed by atoms with Gasteiger partial charge in [-0.25, -0.2) is 14.1 Å². The van der Waals surface area contributed by atoms with Gasteiger partial charge in [0.2, 0.25) is 6.41 Å². The maximum Gasteiger partial charge on any atom is 0.331 e. The van der Waals surface area contributed by atoms with Gasteiger partial charge in [0.15, 0.2) is 6.04 Å². The fourth-order valence-electron chi connectivity index (χ4n) is 3.87. The molecule has 0 radical (unpaired) electrons. The van der Waals surface area contributed by atoms with Gasteiger partial charge in [-0.2, -0.15) is 0 Å². The maximum absolute atomic E-state index is 13.3. The van der Waals surface area contributed by atoms with Gasteiger partial charge in [0.05, 0.1) is 22.7 Å². The number of imide groups is 1. The number of carboxylic acid groups (broad SMARTS) is 1. The molecular weight excluding hydrogens is 573 g/mol. The number of nitrogens with zero attached hydrogens (tertiary/aromatic N) is 1. The molecule has 41 heavy (non-hydrogen) atoms. The summed E-state index contributed by atoms with van der Waals surface area (Å²) in [5.74, 6) is -2.70. The average Bonchev–Trinajstić information content (AvgIpc) is 3.41. The van der Waals surface area contributed by atoms with E-state index in [1.807, 2.05) is 0 Å². The molecule has 0 aliphatic rings. The number of hydrogen-bond acceptors (Lipinski definition) is 7. The molecule has 0 aliphatic carbocycles. The number of nitrogens with one attached hydrogen (secondary N) is 2. The van der Waals surface area contributed by atoms with Crippen LogP contribution in [0.1, 0.15) is 37.2 Å². The molecule has 1 atom stereocenters. The molecule has 12 heteroatoms. The molecule has 0 aliphatic heterocycles. The van der Waals surface area contributed by atoms with E-state index >= 15 is 0 Å². The molecule has 3 aromatic carbocycles. The van der Waals surface area contributed by atoms with Crippen LogP contribution in [0.3, 0.4) is 0 Å². The van der Waals surface area contributed by atoms with E-state index in [1.165, 1.54) is 61.7 Å². The first-order chi connectivity index (χ1) is 19.7. The van der Waals surface area contributed by atoms with E-state index in [2.05, 4.69) is 10.6 Å². The first-order valence-corrected chi connectivity index (χ1v) is 13.2. The molecule has 3 amide bonds. The summed E-state index contributed by atoms with van der Waals surface area (Å²) in [6.45, 7) is 0.408. The Kier molecular flexibility index (Phi) is 9.33. The summed E-state index contributed by atoms with van der Waals surface area (Å²) in [5.41, 5.74) is 1.91. The van der Waals surface area contributed by atoms with E-state index in [4.69, 9.17) is 16.3 Å². The third-order valence-electron chi connectivity index (χ3n) is 5.97. The van der Waals surface area contributed by atoms with Crippen molar-refractivity contribution in [1.29, 1.82) is 0 Å². The quantitative estimate of drug-likeness (QED) is 0.195. The number of carbonyl (C=O) groups is 4. The Morgan fingerprint density at radius 3 is 2.34 bits per heavy atom. The van der Waals surface area contributed by atoms with Gasteiger partial charge in [-0.3, -0.25) is 14.4 Å². The van der Waals surface area contributed by atoms with Crippen LogP contribution in [0.2, 0.25) is 4.34 Å². The zero-order valence-electron chi connectivity index (χ0n) is 21.5. The first kappa shape index (κ1) is 29.2. The van der Waals surface area contributed by atoms with Gasteiger partial charge in [0, 0.05) is 28.7 Å². The molecule has 0 saturated carbocycles. The van der Waals surface area contributed by atoms with E-state index in [0.717, 1.165) is 21.8 Å². The number of hydrogen-bond donors (Lipinski definition) is 3. The highest BCUT2D eigenvalue weighted by Crippen LogP contribution is 2.29. The average molecular weight is 596 g/mol. The van der Waals surface area contributed by atoms with Gasteiger partial charge in [-0.05, 0) is 66.2 Å². The van der Waals surface area contributed by atoms with Crippen LogP contribution in [0.25, 0.3) is 0 Å². The third kappa shape index (κ3) is 7.07. The summed E-state index contributed by atoms with van der Waals surface area (Å²) in [6, 6.07) is 18.1. The molecule has 3 N–H and O–H groups in total. The summed E-state index contributed by atoms with van der Waals surface area (Å²) in [6.07, 6.45) is 0.346. The Morgan fingerprint density at radius 2 is 1.76 bits per heavy atom. The number of ether oxygens (including phenoxy) is 1. The van der Waals surface area contributed by atoms with Crippen molar-refractivity contribution in [3.05, 3.63) is 111 Å². The fourth-order valence-corrected chi connectivity index (χ4v) is 4.97. The summed E-state index contributed by atoms with van der Waals surface area (Å²) in [4.78, 5) is 50.9. The lowest BCUT2D eigenvalue weighted by Gasteiger charge is -2.19. The summed E-state index contributed by atoms with van der Waals surface area (Å²) in [7, 11) is 1.39. The lowest BCUT2D eigenvalue weighted by Crippen LogP contribution is -2.33. The van der Waals surface area contributed by atoms with Gasteiger partial charge in [0.25, 0.3) is 11.8 Å². The number of methoxy groups -OCH3 is 1. The Labute approximate surface area is 243 Å². The highest BCUT2D eigenvalue weighted by molar-refractivity contribution is 7.16. The molecule has 1 heterocycles. The number of aliphatic carboxylic acids is 1. The van der Waals surface area contributed by atoms with Gasteiger partial charge in [0.1, 0.15) is 11.6 Å². The monoisotopic (exact) mass is 595 g/mol. The molecule has 1 aromatic heterocycles. The van der Waals surface area contributed by atoms with Gasteiger partial charge >= 0.3 is 5.97 Å². The number of thiophene rings is 1. The third-order valence-corrected chi connectivity index (χ3v) is 7.27. The van der Waals surface area contributed by atoms with Crippen LogP contribution < -0.4 is 20.3 Å². The molecule has 4 rings (SSSR count). The van der Waals surface area contributed by atoms with Crippen molar-refractivity contribution in [1.82, 2.24) is 5.32 Å². The Balaban J connectivity index is 1.47. The van der Waals surface area contributed by atoms with Gasteiger partial charge in [-0.1, -0.05) is 23.7 Å². The molecule has 9 nitrogen and oxygen atoms in total. The van der Waals surface area contributed by atoms with E-state index in [-0.39, 0.29) is 28.4 Å². The van der Waals surface area contributed by atoms with Crippen molar-refractivity contribution in [2.24, 2.45) is 0 Å². The van der Waals surface area contributed by atoms with E-state index in [1.54, 1.807) is 24.3 Å². The number of amides is 3. The predicted molar refractivity (Wildman–Crippen MR) is 153 cm³/mol. The van der Waals surface area contributed by atoms with E-state index in [0.29, 0.717) is 27.9 Å². The van der Waals surface area contributed by atoms with Crippen LogP contribution >= 0.6 is 22.9 Å². The van der Waals surface area contributed by atoms with Crippen molar-refractivity contribution in [3.8, 4) is 5.75 Å². The van der Waals surface area contributed by atoms with Gasteiger partial charge in [-0.15, -0.1) is 11.3 Å². The Hall–Kier alpha value is -4.74. The maximum atomic E-state index is 13.3. The Morgan fingerprint density at radius 1 is 1.05 bits per heavy atom. The normalized spacial score (nSPS) is 11.3. The SMILES string of the molecule is COc1cc(NCc2ccc(F)cc2)ccc1C(=O)N(C=O)c1ccc(C(=O)NC(C(=O)O)c2ccc(Cl)s2)cc1. The van der Waals surface area contributed by atoms with Crippen LogP contribution in [-0.2, 0) is 16.1 Å². The summed E-state index contributed by atoms with van der Waals surface area (Å²) < 4.78 is 18.9. The van der Waals surface area contributed by atoms with Crippen LogP contribution in [0.4, 0.5) is 15.8 Å². The van der Waals surface area contributed by atoms with Crippen molar-refractivity contribution >= 4 is 58.5 Å². The van der Waals surface area contributed by atoms with Crippen molar-refractivity contribution < 1.29 is 33.4 Å². The number of rotatable bonds is 11. The second-order valence-electron chi connectivity index (χ2n) is 8.61. The number of carboxylic acids is 1. The predicted octanol–water partition coefficient (Wildman–Crippen LogP) is 5.52. The molecule has 0 bridgehead atoms. The molecule has 0 saturated heterocycles. The van der Waals surface area contributed by atoms with Crippen molar-refractivity contribution in [3.63, 3.8) is 0 Å². The number of anilines is 2. The van der Waals surface area contributed by atoms with E-state index in [9.17, 15) is 28.7 Å². The van der Waals surface area contributed by atoms with Crippen LogP contribution in [0.15, 0.2) is 78.9 Å². The Bertz CT molecular complexity index is 1580. The van der Waals surface area contributed by atoms with Crippen LogP contribution in [-0.4, -0.2) is 36.4 Å². The minimum atomic E-state index is -1.30. The minimum Gasteiger partial charge on any atom is -0.496 e. The lowest BCUT2D eigenvalue weighted by molar-refractivity contribution is -0.139. The molecule has 1 unspecified atom stereocenters. The zero-order chi connectivity index (χ0) is 29.5. The van der Waals surface area contributed by atoms with Crippen LogP contribution in [0.5, 0.6) is 5.75 Å². The molecular formula is C29H23ClFN3O6S. The number of carbonyl (C=O) groups excluding carboxylic acids is 3. The van der Waals surface area contributed by atoms with Crippen molar-refractivity contribution in [2.75, 3.05) is 17.3 Å². The molecule has 0 fully saturated rings. The summed E-state index contributed by atoms with van der Waals surface area (Å²) in [5, 5.41) is 15.1. The number of halogens is 2. The largest absolute Gasteiger partial charge is 0.496 e. The molecule has 210 valence electrons. The highest BCUT2D eigenvalue weighted by Gasteiger charge is 2.25. The van der Waals surface area contributed by atoms with Crippen LogP contribution in [0, 0.1) is 5.82 Å². The van der Waals surface area contributed by atoms with Crippen molar-refractivity contribution in [2.45, 2.75) is 12.6 Å². The smallest absolute Gasteiger partial charge is 0.331 e. The first-order valence-electron chi connectivity index (χ1n) is 12.0.